The zero-order chi connectivity index (χ0) is 17.3. The van der Waals surface area contributed by atoms with Gasteiger partial charge in [-0.25, -0.2) is 13.4 Å². The summed E-state index contributed by atoms with van der Waals surface area (Å²) in [4.78, 5) is 4.64. The number of pyridine rings is 1. The van der Waals surface area contributed by atoms with Crippen LogP contribution in [-0.4, -0.2) is 24.8 Å². The number of aromatic hydroxyl groups is 1. The largest absolute Gasteiger partial charge is 0.508 e. The highest BCUT2D eigenvalue weighted by molar-refractivity contribution is 7.90. The van der Waals surface area contributed by atoms with Crippen molar-refractivity contribution in [1.29, 1.82) is 0 Å². The molecule has 1 heterocycles. The summed E-state index contributed by atoms with van der Waals surface area (Å²) >= 11 is 0. The van der Waals surface area contributed by atoms with E-state index in [9.17, 15) is 13.5 Å². The van der Waals surface area contributed by atoms with Crippen molar-refractivity contribution < 1.29 is 13.5 Å². The van der Waals surface area contributed by atoms with Crippen LogP contribution in [0.2, 0.25) is 0 Å². The highest BCUT2D eigenvalue weighted by Gasteiger charge is 2.09. The lowest BCUT2D eigenvalue weighted by atomic mass is 10.1. The van der Waals surface area contributed by atoms with Gasteiger partial charge < -0.3 is 10.4 Å². The number of nitrogens with one attached hydrogen (secondary N) is 1. The van der Waals surface area contributed by atoms with Crippen LogP contribution in [0.15, 0.2) is 53.6 Å². The first kappa shape index (κ1) is 16.3. The minimum absolute atomic E-state index is 0.275. The molecule has 5 nitrogen and oxygen atoms in total. The summed E-state index contributed by atoms with van der Waals surface area (Å²) in [6, 6.07) is 12.0. The van der Waals surface area contributed by atoms with Crippen LogP contribution in [0.5, 0.6) is 5.75 Å². The van der Waals surface area contributed by atoms with Gasteiger partial charge in [-0.2, -0.15) is 0 Å². The first-order chi connectivity index (χ1) is 11.4. The van der Waals surface area contributed by atoms with Gasteiger partial charge in [0, 0.05) is 23.5 Å². The van der Waals surface area contributed by atoms with Gasteiger partial charge in [-0.3, -0.25) is 0 Å². The van der Waals surface area contributed by atoms with Crippen molar-refractivity contribution in [1.82, 2.24) is 4.98 Å². The molecular formula is C18H18N2O3S. The number of sulfone groups is 1. The second-order valence-electron chi connectivity index (χ2n) is 5.64. The van der Waals surface area contributed by atoms with Crippen molar-refractivity contribution >= 4 is 32.1 Å². The Bertz CT molecular complexity index is 997. The highest BCUT2D eigenvalue weighted by atomic mass is 32.2. The van der Waals surface area contributed by atoms with Crippen LogP contribution >= 0.6 is 0 Å². The molecule has 0 unspecified atom stereocenters. The number of nitrogens with zero attached hydrogens (tertiary/aromatic N) is 1. The molecule has 0 fully saturated rings. The molecule has 2 aromatic carbocycles. The summed E-state index contributed by atoms with van der Waals surface area (Å²) in [5, 5.41) is 15.0. The highest BCUT2D eigenvalue weighted by Crippen LogP contribution is 2.30. The Kier molecular flexibility index (Phi) is 4.15. The van der Waals surface area contributed by atoms with Gasteiger partial charge in [-0.1, -0.05) is 6.92 Å². The van der Waals surface area contributed by atoms with E-state index in [0.717, 1.165) is 28.4 Å². The molecule has 0 aliphatic carbocycles. The number of aromatic nitrogens is 1. The SMILES string of the molecule is CCc1cc2c(Nc3ccc(S(C)(=O)=O)cc3)nccc2cc1O. The summed E-state index contributed by atoms with van der Waals surface area (Å²) in [7, 11) is -3.21. The van der Waals surface area contributed by atoms with E-state index in [-0.39, 0.29) is 10.6 Å². The molecule has 6 heteroatoms. The maximum atomic E-state index is 11.5. The minimum atomic E-state index is -3.21. The summed E-state index contributed by atoms with van der Waals surface area (Å²) in [5.41, 5.74) is 1.60. The molecule has 0 saturated heterocycles. The molecule has 3 rings (SSSR count). The van der Waals surface area contributed by atoms with Crippen LogP contribution in [0.3, 0.4) is 0 Å². The maximum Gasteiger partial charge on any atom is 0.175 e. The minimum Gasteiger partial charge on any atom is -0.508 e. The zero-order valence-electron chi connectivity index (χ0n) is 13.4. The second kappa shape index (κ2) is 6.13. The lowest BCUT2D eigenvalue weighted by Gasteiger charge is -2.11. The first-order valence-electron chi connectivity index (χ1n) is 7.56. The number of anilines is 2. The molecule has 0 aliphatic rings. The molecule has 0 saturated carbocycles. The van der Waals surface area contributed by atoms with Gasteiger partial charge in [0.25, 0.3) is 0 Å². The summed E-state index contributed by atoms with van der Waals surface area (Å²) < 4.78 is 23.0. The lowest BCUT2D eigenvalue weighted by molar-refractivity contribution is 0.470. The number of aryl methyl sites for hydroxylation is 1. The Hall–Kier alpha value is -2.60. The third-order valence-electron chi connectivity index (χ3n) is 3.89. The van der Waals surface area contributed by atoms with Gasteiger partial charge in [0.1, 0.15) is 11.6 Å². The first-order valence-corrected chi connectivity index (χ1v) is 9.45. The number of fused-ring (bicyclic) bond motifs is 1. The molecule has 124 valence electrons. The Morgan fingerprint density at radius 3 is 2.46 bits per heavy atom. The third kappa shape index (κ3) is 3.19. The molecule has 0 amide bonds. The topological polar surface area (TPSA) is 79.3 Å². The lowest BCUT2D eigenvalue weighted by Crippen LogP contribution is -1.98. The van der Waals surface area contributed by atoms with Crippen LogP contribution in [0, 0.1) is 0 Å². The van der Waals surface area contributed by atoms with E-state index in [1.165, 1.54) is 6.26 Å². The van der Waals surface area contributed by atoms with Crippen molar-refractivity contribution in [2.75, 3.05) is 11.6 Å². The molecule has 0 spiro atoms. The Morgan fingerprint density at radius 2 is 1.83 bits per heavy atom. The van der Waals surface area contributed by atoms with Gasteiger partial charge in [0.05, 0.1) is 4.90 Å². The second-order valence-corrected chi connectivity index (χ2v) is 7.65. The zero-order valence-corrected chi connectivity index (χ0v) is 14.3. The maximum absolute atomic E-state index is 11.5. The predicted molar refractivity (Wildman–Crippen MR) is 95.6 cm³/mol. The summed E-state index contributed by atoms with van der Waals surface area (Å²) in [6.07, 6.45) is 3.57. The fourth-order valence-electron chi connectivity index (χ4n) is 2.56. The molecular weight excluding hydrogens is 324 g/mol. The molecule has 3 aromatic rings. The smallest absolute Gasteiger partial charge is 0.175 e. The molecule has 0 atom stereocenters. The summed E-state index contributed by atoms with van der Waals surface area (Å²) in [5.74, 6) is 0.939. The van der Waals surface area contributed by atoms with Gasteiger partial charge >= 0.3 is 0 Å². The molecule has 0 aliphatic heterocycles. The fourth-order valence-corrected chi connectivity index (χ4v) is 3.19. The van der Waals surface area contributed by atoms with E-state index in [1.54, 1.807) is 36.5 Å². The van der Waals surface area contributed by atoms with Crippen LogP contribution in [0.4, 0.5) is 11.5 Å². The predicted octanol–water partition coefficient (Wildman–Crippen LogP) is 3.65. The molecule has 2 N–H and O–H groups in total. The average molecular weight is 342 g/mol. The van der Waals surface area contributed by atoms with Crippen molar-refractivity contribution in [3.63, 3.8) is 0 Å². The standard InChI is InChI=1S/C18H18N2O3S/c1-3-12-10-16-13(11-17(12)21)8-9-19-18(16)20-14-4-6-15(7-5-14)24(2,22)23/h4-11,21H,3H2,1-2H3,(H,19,20). The Labute approximate surface area is 140 Å². The number of hydrogen-bond acceptors (Lipinski definition) is 5. The summed E-state index contributed by atoms with van der Waals surface area (Å²) in [6.45, 7) is 1.98. The average Bonchev–Trinajstić information content (AvgIpc) is 2.54. The van der Waals surface area contributed by atoms with E-state index < -0.39 is 9.84 Å². The van der Waals surface area contributed by atoms with E-state index >= 15 is 0 Å². The Balaban J connectivity index is 2.01. The molecule has 0 bridgehead atoms. The van der Waals surface area contributed by atoms with Crippen molar-refractivity contribution in [3.8, 4) is 5.75 Å². The van der Waals surface area contributed by atoms with Crippen LogP contribution in [0.25, 0.3) is 10.8 Å². The van der Waals surface area contributed by atoms with Gasteiger partial charge in [0.15, 0.2) is 9.84 Å². The van der Waals surface area contributed by atoms with Gasteiger partial charge in [0.2, 0.25) is 0 Å². The van der Waals surface area contributed by atoms with Crippen molar-refractivity contribution in [3.05, 3.63) is 54.2 Å². The quantitative estimate of drug-likeness (QED) is 0.756. The van der Waals surface area contributed by atoms with Crippen LogP contribution < -0.4 is 5.32 Å². The molecule has 0 radical (unpaired) electrons. The number of phenolic OH excluding ortho intramolecular Hbond substituents is 1. The van der Waals surface area contributed by atoms with Gasteiger partial charge in [-0.15, -0.1) is 0 Å². The van der Waals surface area contributed by atoms with E-state index in [1.807, 2.05) is 19.1 Å². The van der Waals surface area contributed by atoms with Crippen molar-refractivity contribution in [2.24, 2.45) is 0 Å². The van der Waals surface area contributed by atoms with Crippen LogP contribution in [-0.2, 0) is 16.3 Å². The number of rotatable bonds is 4. The number of hydrogen-bond donors (Lipinski definition) is 2. The van der Waals surface area contributed by atoms with Crippen molar-refractivity contribution in [2.45, 2.75) is 18.2 Å². The van der Waals surface area contributed by atoms with Gasteiger partial charge in [-0.05, 0) is 59.8 Å². The number of phenols is 1. The molecule has 24 heavy (non-hydrogen) atoms. The van der Waals surface area contributed by atoms with E-state index in [0.29, 0.717) is 5.82 Å². The van der Waals surface area contributed by atoms with Crippen LogP contribution in [0.1, 0.15) is 12.5 Å². The molecule has 1 aromatic heterocycles. The van der Waals surface area contributed by atoms with E-state index in [2.05, 4.69) is 10.3 Å². The number of benzene rings is 2. The van der Waals surface area contributed by atoms with E-state index in [4.69, 9.17) is 0 Å². The normalized spacial score (nSPS) is 11.6. The monoisotopic (exact) mass is 342 g/mol. The third-order valence-corrected chi connectivity index (χ3v) is 5.02. The fraction of sp³-hybridized carbons (Fsp3) is 0.167. The Morgan fingerprint density at radius 1 is 1.12 bits per heavy atom.